The van der Waals surface area contributed by atoms with Gasteiger partial charge in [0, 0.05) is 0 Å². The van der Waals surface area contributed by atoms with Gasteiger partial charge in [0.05, 0.1) is 22.7 Å². The standard InChI is InChI=1S/C13H14N2O4/c1-13(2,12(18)19)7-15-11(17)9-6-4-3-5-8(9)10(16)14-15/h3-6H,7H2,1-2H3,(H,14,16)(H,18,19). The molecular formula is C13H14N2O4. The molecule has 100 valence electrons. The van der Waals surface area contributed by atoms with Crippen LogP contribution in [0, 0.1) is 5.41 Å². The van der Waals surface area contributed by atoms with Crippen LogP contribution in [-0.4, -0.2) is 20.9 Å². The lowest BCUT2D eigenvalue weighted by atomic mass is 9.94. The van der Waals surface area contributed by atoms with E-state index in [1.807, 2.05) is 0 Å². The molecule has 6 heteroatoms. The molecule has 2 N–H and O–H groups in total. The topological polar surface area (TPSA) is 92.2 Å². The van der Waals surface area contributed by atoms with Gasteiger partial charge in [-0.1, -0.05) is 12.1 Å². The smallest absolute Gasteiger partial charge is 0.310 e. The molecule has 0 saturated heterocycles. The number of fused-ring (bicyclic) bond motifs is 1. The largest absolute Gasteiger partial charge is 0.481 e. The van der Waals surface area contributed by atoms with Crippen molar-refractivity contribution in [3.8, 4) is 0 Å². The van der Waals surface area contributed by atoms with Crippen molar-refractivity contribution in [2.24, 2.45) is 5.41 Å². The minimum atomic E-state index is -1.14. The first-order valence-electron chi connectivity index (χ1n) is 5.78. The first-order chi connectivity index (χ1) is 8.83. The lowest BCUT2D eigenvalue weighted by Crippen LogP contribution is -2.38. The van der Waals surface area contributed by atoms with Gasteiger partial charge in [0.2, 0.25) is 0 Å². The van der Waals surface area contributed by atoms with Gasteiger partial charge in [-0.05, 0) is 26.0 Å². The Morgan fingerprint density at radius 1 is 1.26 bits per heavy atom. The number of carboxylic acid groups (broad SMARTS) is 1. The van der Waals surface area contributed by atoms with Crippen LogP contribution in [0.1, 0.15) is 13.8 Å². The Balaban J connectivity index is 2.64. The van der Waals surface area contributed by atoms with E-state index in [2.05, 4.69) is 5.10 Å². The monoisotopic (exact) mass is 262 g/mol. The molecule has 1 aromatic heterocycles. The van der Waals surface area contributed by atoms with E-state index >= 15 is 0 Å². The molecule has 0 atom stereocenters. The first-order valence-corrected chi connectivity index (χ1v) is 5.78. The predicted molar refractivity (Wildman–Crippen MR) is 70.2 cm³/mol. The molecule has 0 amide bonds. The first kappa shape index (κ1) is 13.1. The van der Waals surface area contributed by atoms with Crippen LogP contribution >= 0.6 is 0 Å². The van der Waals surface area contributed by atoms with Crippen LogP contribution in [0.3, 0.4) is 0 Å². The molecule has 19 heavy (non-hydrogen) atoms. The number of aromatic nitrogens is 2. The molecule has 0 bridgehead atoms. The number of benzene rings is 1. The second kappa shape index (κ2) is 4.38. The lowest BCUT2D eigenvalue weighted by Gasteiger charge is -2.20. The normalized spacial score (nSPS) is 11.7. The van der Waals surface area contributed by atoms with Gasteiger partial charge in [0.1, 0.15) is 0 Å². The van der Waals surface area contributed by atoms with E-state index in [-0.39, 0.29) is 11.9 Å². The molecule has 6 nitrogen and oxygen atoms in total. The van der Waals surface area contributed by atoms with E-state index in [0.29, 0.717) is 5.39 Å². The minimum absolute atomic E-state index is 0.0960. The number of nitrogens with one attached hydrogen (secondary N) is 1. The quantitative estimate of drug-likeness (QED) is 0.855. The number of hydrogen-bond donors (Lipinski definition) is 2. The Kier molecular flexibility index (Phi) is 3.01. The molecule has 0 aliphatic rings. The number of carboxylic acids is 1. The van der Waals surface area contributed by atoms with E-state index < -0.39 is 22.5 Å². The van der Waals surface area contributed by atoms with Gasteiger partial charge in [0.25, 0.3) is 11.1 Å². The van der Waals surface area contributed by atoms with Crippen molar-refractivity contribution in [1.29, 1.82) is 0 Å². The van der Waals surface area contributed by atoms with E-state index in [9.17, 15) is 14.4 Å². The fourth-order valence-corrected chi connectivity index (χ4v) is 1.82. The fourth-order valence-electron chi connectivity index (χ4n) is 1.82. The van der Waals surface area contributed by atoms with Gasteiger partial charge in [-0.3, -0.25) is 19.5 Å². The number of hydrogen-bond acceptors (Lipinski definition) is 3. The zero-order chi connectivity index (χ0) is 14.2. The van der Waals surface area contributed by atoms with Crippen LogP contribution in [0.25, 0.3) is 10.8 Å². The average molecular weight is 262 g/mol. The summed E-state index contributed by atoms with van der Waals surface area (Å²) in [5, 5.41) is 12.1. The van der Waals surface area contributed by atoms with Crippen LogP contribution in [0.5, 0.6) is 0 Å². The summed E-state index contributed by atoms with van der Waals surface area (Å²) in [5.41, 5.74) is -1.95. The van der Waals surface area contributed by atoms with Gasteiger partial charge in [-0.15, -0.1) is 0 Å². The van der Waals surface area contributed by atoms with Crippen LogP contribution in [0.2, 0.25) is 0 Å². The van der Waals surface area contributed by atoms with Gasteiger partial charge < -0.3 is 5.11 Å². The zero-order valence-corrected chi connectivity index (χ0v) is 10.6. The molecule has 0 radical (unpaired) electrons. The average Bonchev–Trinajstić information content (AvgIpc) is 2.35. The number of H-pyrrole nitrogens is 1. The maximum absolute atomic E-state index is 12.2. The molecular weight excluding hydrogens is 248 g/mol. The summed E-state index contributed by atoms with van der Waals surface area (Å²) < 4.78 is 1.05. The van der Waals surface area contributed by atoms with Crippen molar-refractivity contribution in [1.82, 2.24) is 9.78 Å². The Morgan fingerprint density at radius 2 is 1.84 bits per heavy atom. The number of aromatic amines is 1. The lowest BCUT2D eigenvalue weighted by molar-refractivity contribution is -0.147. The van der Waals surface area contributed by atoms with Crippen molar-refractivity contribution in [3.05, 3.63) is 45.0 Å². The highest BCUT2D eigenvalue weighted by molar-refractivity contribution is 5.80. The third-order valence-electron chi connectivity index (χ3n) is 3.02. The highest BCUT2D eigenvalue weighted by Crippen LogP contribution is 2.16. The molecule has 0 saturated carbocycles. The molecule has 2 rings (SSSR count). The SMILES string of the molecule is CC(C)(Cn1[nH]c(=O)c2ccccc2c1=O)C(=O)O. The fraction of sp³-hybridized carbons (Fsp3) is 0.308. The molecule has 1 heterocycles. The van der Waals surface area contributed by atoms with E-state index in [4.69, 9.17) is 5.11 Å². The number of rotatable bonds is 3. The molecule has 2 aromatic rings. The van der Waals surface area contributed by atoms with Crippen LogP contribution in [0.15, 0.2) is 33.9 Å². The second-order valence-electron chi connectivity index (χ2n) is 5.07. The number of carbonyl (C=O) groups is 1. The Hall–Kier alpha value is -2.37. The predicted octanol–water partition coefficient (Wildman–Crippen LogP) is 0.801. The van der Waals surface area contributed by atoms with E-state index in [1.165, 1.54) is 13.8 Å². The highest BCUT2D eigenvalue weighted by atomic mass is 16.4. The third kappa shape index (κ3) is 2.29. The van der Waals surface area contributed by atoms with E-state index in [0.717, 1.165) is 4.68 Å². The van der Waals surface area contributed by atoms with E-state index in [1.54, 1.807) is 24.3 Å². The minimum Gasteiger partial charge on any atom is -0.481 e. The highest BCUT2D eigenvalue weighted by Gasteiger charge is 2.28. The van der Waals surface area contributed by atoms with Crippen molar-refractivity contribution in [3.63, 3.8) is 0 Å². The number of nitrogens with zero attached hydrogens (tertiary/aromatic N) is 1. The van der Waals surface area contributed by atoms with Gasteiger partial charge >= 0.3 is 5.97 Å². The summed E-state index contributed by atoms with van der Waals surface area (Å²) in [6.07, 6.45) is 0. The molecule has 0 fully saturated rings. The summed E-state index contributed by atoms with van der Waals surface area (Å²) in [4.78, 5) is 35.1. The van der Waals surface area contributed by atoms with Gasteiger partial charge in [-0.25, -0.2) is 4.68 Å². The van der Waals surface area contributed by atoms with Crippen LogP contribution < -0.4 is 11.1 Å². The maximum atomic E-state index is 12.2. The summed E-state index contributed by atoms with van der Waals surface area (Å²) in [5.74, 6) is -1.03. The van der Waals surface area contributed by atoms with Crippen molar-refractivity contribution >= 4 is 16.7 Å². The summed E-state index contributed by atoms with van der Waals surface area (Å²) >= 11 is 0. The molecule has 0 spiro atoms. The van der Waals surface area contributed by atoms with Gasteiger partial charge in [-0.2, -0.15) is 0 Å². The Bertz CT molecular complexity index is 755. The second-order valence-corrected chi connectivity index (χ2v) is 5.07. The Morgan fingerprint density at radius 3 is 2.42 bits per heavy atom. The maximum Gasteiger partial charge on any atom is 0.310 e. The van der Waals surface area contributed by atoms with Crippen molar-refractivity contribution < 1.29 is 9.90 Å². The van der Waals surface area contributed by atoms with Crippen molar-refractivity contribution in [2.45, 2.75) is 20.4 Å². The molecule has 0 unspecified atom stereocenters. The van der Waals surface area contributed by atoms with Crippen molar-refractivity contribution in [2.75, 3.05) is 0 Å². The summed E-state index contributed by atoms with van der Waals surface area (Å²) in [7, 11) is 0. The van der Waals surface area contributed by atoms with Crippen LogP contribution in [0.4, 0.5) is 0 Å². The van der Waals surface area contributed by atoms with Gasteiger partial charge in [0.15, 0.2) is 0 Å². The molecule has 1 aromatic carbocycles. The molecule has 0 aliphatic carbocycles. The molecule has 0 aliphatic heterocycles. The third-order valence-corrected chi connectivity index (χ3v) is 3.02. The summed E-state index contributed by atoms with van der Waals surface area (Å²) in [6.45, 7) is 2.89. The Labute approximate surface area is 108 Å². The summed E-state index contributed by atoms with van der Waals surface area (Å²) in [6, 6.07) is 6.44. The van der Waals surface area contributed by atoms with Crippen LogP contribution in [-0.2, 0) is 11.3 Å². The number of aliphatic carboxylic acids is 1. The zero-order valence-electron chi connectivity index (χ0n) is 10.6.